The summed E-state index contributed by atoms with van der Waals surface area (Å²) < 4.78 is 2.41. The quantitative estimate of drug-likeness (QED) is 0.658. The van der Waals surface area contributed by atoms with Gasteiger partial charge in [0.25, 0.3) is 0 Å². The van der Waals surface area contributed by atoms with Crippen LogP contribution in [-0.4, -0.2) is 28.5 Å². The van der Waals surface area contributed by atoms with Crippen LogP contribution in [0.1, 0.15) is 18.4 Å². The van der Waals surface area contributed by atoms with Crippen molar-refractivity contribution in [3.8, 4) is 0 Å². The minimum Gasteiger partial charge on any atom is -0.341 e. The van der Waals surface area contributed by atoms with Crippen LogP contribution in [0.25, 0.3) is 10.2 Å². The molecule has 140 valence electrons. The molecule has 1 aliphatic heterocycles. The molecule has 2 aromatic carbocycles. The molecule has 0 bridgehead atoms. The van der Waals surface area contributed by atoms with E-state index in [1.807, 2.05) is 17.0 Å². The molecule has 0 saturated carbocycles. The van der Waals surface area contributed by atoms with E-state index in [2.05, 4.69) is 24.3 Å². The second-order valence-corrected chi connectivity index (χ2v) is 8.51. The van der Waals surface area contributed by atoms with Gasteiger partial charge < -0.3 is 4.90 Å². The first-order chi connectivity index (χ1) is 13.1. The third-order valence-corrected chi connectivity index (χ3v) is 6.45. The molecule has 4 rings (SSSR count). The van der Waals surface area contributed by atoms with E-state index in [1.54, 1.807) is 16.7 Å². The normalized spacial score (nSPS) is 15.4. The molecule has 4 nitrogen and oxygen atoms in total. The van der Waals surface area contributed by atoms with E-state index in [4.69, 9.17) is 11.6 Å². The fourth-order valence-corrected chi connectivity index (χ4v) is 4.79. The molecule has 0 aliphatic carbocycles. The lowest BCUT2D eigenvalue weighted by molar-refractivity contribution is -0.133. The fourth-order valence-electron chi connectivity index (χ4n) is 3.75. The summed E-state index contributed by atoms with van der Waals surface area (Å²) in [6, 6.07) is 15.9. The summed E-state index contributed by atoms with van der Waals surface area (Å²) in [5, 5.41) is 0.572. The molecular formula is C21H21ClN2O2S. The molecule has 0 radical (unpaired) electrons. The summed E-state index contributed by atoms with van der Waals surface area (Å²) in [5.41, 5.74) is 2.10. The highest BCUT2D eigenvalue weighted by Crippen LogP contribution is 2.24. The van der Waals surface area contributed by atoms with E-state index < -0.39 is 0 Å². The Hall–Kier alpha value is -2.11. The molecule has 0 N–H and O–H groups in total. The number of carbonyl (C=O) groups excluding carboxylic acids is 1. The minimum atomic E-state index is -0.111. The zero-order valence-electron chi connectivity index (χ0n) is 14.9. The molecule has 27 heavy (non-hydrogen) atoms. The van der Waals surface area contributed by atoms with Gasteiger partial charge in [-0.1, -0.05) is 53.3 Å². The number of hydrogen-bond donors (Lipinski definition) is 0. The van der Waals surface area contributed by atoms with Crippen molar-refractivity contribution in [1.82, 2.24) is 9.47 Å². The third-order valence-electron chi connectivity index (χ3n) is 5.26. The molecule has 6 heteroatoms. The number of nitrogens with zero attached hydrogens (tertiary/aromatic N) is 2. The summed E-state index contributed by atoms with van der Waals surface area (Å²) in [6.07, 6.45) is 3.08. The van der Waals surface area contributed by atoms with Gasteiger partial charge in [-0.15, -0.1) is 0 Å². The second kappa shape index (κ2) is 7.87. The maximum Gasteiger partial charge on any atom is 0.308 e. The lowest BCUT2D eigenvalue weighted by Gasteiger charge is -2.32. The molecule has 1 aliphatic rings. The smallest absolute Gasteiger partial charge is 0.308 e. The standard InChI is InChI=1S/C21H21ClN2O2S/c22-17-6-7-19-18(13-17)24(21(26)27-19)14-20(25)23-10-8-16(9-11-23)12-15-4-2-1-3-5-15/h1-7,13,16H,8-12,14H2. The average Bonchev–Trinajstić information content (AvgIpc) is 2.98. The minimum absolute atomic E-state index is 0.00920. The van der Waals surface area contributed by atoms with Crippen LogP contribution in [0.4, 0.5) is 0 Å². The van der Waals surface area contributed by atoms with Crippen LogP contribution in [0.5, 0.6) is 0 Å². The first kappa shape index (κ1) is 18.3. The van der Waals surface area contributed by atoms with Gasteiger partial charge >= 0.3 is 4.87 Å². The van der Waals surface area contributed by atoms with Gasteiger partial charge in [0.1, 0.15) is 6.54 Å². The van der Waals surface area contributed by atoms with Gasteiger partial charge in [-0.3, -0.25) is 14.2 Å². The van der Waals surface area contributed by atoms with Crippen molar-refractivity contribution < 1.29 is 4.79 Å². The molecule has 1 saturated heterocycles. The van der Waals surface area contributed by atoms with Gasteiger partial charge in [-0.2, -0.15) is 0 Å². The summed E-state index contributed by atoms with van der Waals surface area (Å²) in [4.78, 5) is 26.8. The van der Waals surface area contributed by atoms with Gasteiger partial charge in [0.2, 0.25) is 5.91 Å². The number of rotatable bonds is 4. The predicted molar refractivity (Wildman–Crippen MR) is 111 cm³/mol. The largest absolute Gasteiger partial charge is 0.341 e. The Morgan fingerprint density at radius 2 is 1.85 bits per heavy atom. The third kappa shape index (κ3) is 4.09. The number of halogens is 1. The molecule has 1 fully saturated rings. The number of carbonyl (C=O) groups is 1. The van der Waals surface area contributed by atoms with Crippen LogP contribution >= 0.6 is 22.9 Å². The Morgan fingerprint density at radius 1 is 1.11 bits per heavy atom. The van der Waals surface area contributed by atoms with Crippen LogP contribution < -0.4 is 4.87 Å². The number of likely N-dealkylation sites (tertiary alicyclic amines) is 1. The van der Waals surface area contributed by atoms with Crippen molar-refractivity contribution in [3.63, 3.8) is 0 Å². The van der Waals surface area contributed by atoms with Crippen LogP contribution in [-0.2, 0) is 17.8 Å². The topological polar surface area (TPSA) is 42.3 Å². The molecular weight excluding hydrogens is 380 g/mol. The number of piperidine rings is 1. The average molecular weight is 401 g/mol. The van der Waals surface area contributed by atoms with Gasteiger partial charge in [0.05, 0.1) is 10.2 Å². The lowest BCUT2D eigenvalue weighted by atomic mass is 9.90. The summed E-state index contributed by atoms with van der Waals surface area (Å²) >= 11 is 7.22. The number of amides is 1. The van der Waals surface area contributed by atoms with E-state index >= 15 is 0 Å². The molecule has 0 unspecified atom stereocenters. The Kier molecular flexibility index (Phi) is 5.32. The highest BCUT2D eigenvalue weighted by atomic mass is 35.5. The number of fused-ring (bicyclic) bond motifs is 1. The summed E-state index contributed by atoms with van der Waals surface area (Å²) in [5.74, 6) is 0.620. The van der Waals surface area contributed by atoms with Gasteiger partial charge in [-0.25, -0.2) is 0 Å². The van der Waals surface area contributed by atoms with Crippen molar-refractivity contribution >= 4 is 39.1 Å². The second-order valence-electron chi connectivity index (χ2n) is 7.08. The van der Waals surface area contributed by atoms with Crippen LogP contribution in [0.15, 0.2) is 53.3 Å². The van der Waals surface area contributed by atoms with Gasteiger partial charge in [0.15, 0.2) is 0 Å². The fraction of sp³-hybridized carbons (Fsp3) is 0.333. The van der Waals surface area contributed by atoms with E-state index in [0.717, 1.165) is 53.9 Å². The summed E-state index contributed by atoms with van der Waals surface area (Å²) in [6.45, 7) is 1.60. The van der Waals surface area contributed by atoms with Crippen LogP contribution in [0, 0.1) is 5.92 Å². The zero-order chi connectivity index (χ0) is 18.8. The number of hydrogen-bond acceptors (Lipinski definition) is 3. The van der Waals surface area contributed by atoms with Crippen molar-refractivity contribution in [2.24, 2.45) is 5.92 Å². The van der Waals surface area contributed by atoms with Gasteiger partial charge in [-0.05, 0) is 48.9 Å². The molecule has 2 heterocycles. The molecule has 1 amide bonds. The Labute approximate surface area is 167 Å². The van der Waals surface area contributed by atoms with Crippen molar-refractivity contribution in [2.45, 2.75) is 25.8 Å². The SMILES string of the molecule is O=C(Cn1c(=O)sc2ccc(Cl)cc21)N1CCC(Cc2ccccc2)CC1. The molecule has 1 aromatic heterocycles. The Balaban J connectivity index is 1.40. The highest BCUT2D eigenvalue weighted by Gasteiger charge is 2.24. The van der Waals surface area contributed by atoms with E-state index in [1.165, 1.54) is 5.56 Å². The number of thiazole rings is 1. The van der Waals surface area contributed by atoms with E-state index in [-0.39, 0.29) is 17.3 Å². The number of benzene rings is 2. The summed E-state index contributed by atoms with van der Waals surface area (Å²) in [7, 11) is 0. The zero-order valence-corrected chi connectivity index (χ0v) is 16.5. The van der Waals surface area contributed by atoms with E-state index in [0.29, 0.717) is 10.9 Å². The first-order valence-corrected chi connectivity index (χ1v) is 10.4. The number of aromatic nitrogens is 1. The van der Waals surface area contributed by atoms with E-state index in [9.17, 15) is 9.59 Å². The Bertz CT molecular complexity index is 1000. The monoisotopic (exact) mass is 400 g/mol. The lowest BCUT2D eigenvalue weighted by Crippen LogP contribution is -2.41. The van der Waals surface area contributed by atoms with Crippen molar-refractivity contribution in [2.75, 3.05) is 13.1 Å². The molecule has 0 atom stereocenters. The maximum atomic E-state index is 12.7. The maximum absolute atomic E-state index is 12.7. The molecule has 0 spiro atoms. The van der Waals surface area contributed by atoms with Crippen LogP contribution in [0.2, 0.25) is 5.02 Å². The molecule has 3 aromatic rings. The first-order valence-electron chi connectivity index (χ1n) is 9.21. The van der Waals surface area contributed by atoms with Crippen LogP contribution in [0.3, 0.4) is 0 Å². The predicted octanol–water partition coefficient (Wildman–Crippen LogP) is 4.20. The van der Waals surface area contributed by atoms with Crippen molar-refractivity contribution in [1.29, 1.82) is 0 Å². The highest BCUT2D eigenvalue weighted by molar-refractivity contribution is 7.16. The van der Waals surface area contributed by atoms with Gasteiger partial charge in [0, 0.05) is 18.1 Å². The van der Waals surface area contributed by atoms with Crippen molar-refractivity contribution in [3.05, 3.63) is 68.8 Å². The Morgan fingerprint density at radius 3 is 2.59 bits per heavy atom.